The van der Waals surface area contributed by atoms with Gasteiger partial charge in [-0.15, -0.1) is 5.10 Å². The Morgan fingerprint density at radius 3 is 2.95 bits per heavy atom. The van der Waals surface area contributed by atoms with Gasteiger partial charge in [0.1, 0.15) is 11.5 Å². The molecule has 0 aliphatic carbocycles. The highest BCUT2D eigenvalue weighted by atomic mass is 19.1. The van der Waals surface area contributed by atoms with Crippen molar-refractivity contribution in [1.29, 1.82) is 0 Å². The number of carbonyl (C=O) groups is 1. The number of fused-ring (bicyclic) bond motifs is 1. The zero-order valence-electron chi connectivity index (χ0n) is 11.9. The summed E-state index contributed by atoms with van der Waals surface area (Å²) in [6.07, 6.45) is 1.99. The Bertz CT molecular complexity index is 670. The molecular formula is C14H16FN5O2. The van der Waals surface area contributed by atoms with Crippen molar-refractivity contribution < 1.29 is 14.3 Å². The van der Waals surface area contributed by atoms with E-state index < -0.39 is 5.82 Å². The van der Waals surface area contributed by atoms with E-state index in [1.54, 1.807) is 9.58 Å². The summed E-state index contributed by atoms with van der Waals surface area (Å²) >= 11 is 0. The standard InChI is InChI=1S/C14H16FN5O2/c15-10-2-3-11(16-7-10)6-14(22)19-4-1-5-20-13(8-19)12(9-21)17-18-20/h2-3,7,21H,1,4-6,8-9H2. The molecule has 1 aliphatic heterocycles. The van der Waals surface area contributed by atoms with Crippen molar-refractivity contribution in [1.82, 2.24) is 24.9 Å². The quantitative estimate of drug-likeness (QED) is 0.880. The first-order valence-corrected chi connectivity index (χ1v) is 7.07. The highest BCUT2D eigenvalue weighted by Crippen LogP contribution is 2.15. The topological polar surface area (TPSA) is 84.1 Å². The molecule has 0 bridgehead atoms. The van der Waals surface area contributed by atoms with Gasteiger partial charge in [-0.3, -0.25) is 9.78 Å². The molecule has 2 aromatic heterocycles. The summed E-state index contributed by atoms with van der Waals surface area (Å²) in [5.74, 6) is -0.508. The van der Waals surface area contributed by atoms with Crippen LogP contribution in [-0.2, 0) is 30.9 Å². The Kier molecular flexibility index (Phi) is 4.10. The Morgan fingerprint density at radius 1 is 1.36 bits per heavy atom. The van der Waals surface area contributed by atoms with Crippen LogP contribution >= 0.6 is 0 Å². The number of halogens is 1. The van der Waals surface area contributed by atoms with Crippen molar-refractivity contribution in [2.75, 3.05) is 6.54 Å². The minimum Gasteiger partial charge on any atom is -0.390 e. The number of pyridine rings is 1. The molecule has 116 valence electrons. The molecule has 1 aliphatic rings. The number of aliphatic hydroxyl groups is 1. The third-order valence-corrected chi connectivity index (χ3v) is 3.68. The maximum atomic E-state index is 12.8. The van der Waals surface area contributed by atoms with E-state index in [2.05, 4.69) is 15.3 Å². The van der Waals surface area contributed by atoms with Gasteiger partial charge in [0.2, 0.25) is 5.91 Å². The normalized spacial score (nSPS) is 14.5. The molecule has 0 fully saturated rings. The highest BCUT2D eigenvalue weighted by Gasteiger charge is 2.23. The number of aliphatic hydroxyl groups excluding tert-OH is 1. The average molecular weight is 305 g/mol. The van der Waals surface area contributed by atoms with Gasteiger partial charge in [-0.05, 0) is 18.6 Å². The minimum atomic E-state index is -0.423. The maximum Gasteiger partial charge on any atom is 0.228 e. The smallest absolute Gasteiger partial charge is 0.228 e. The monoisotopic (exact) mass is 305 g/mol. The van der Waals surface area contributed by atoms with Crippen molar-refractivity contribution in [3.8, 4) is 0 Å². The molecule has 1 N–H and O–H groups in total. The molecule has 0 radical (unpaired) electrons. The van der Waals surface area contributed by atoms with Gasteiger partial charge >= 0.3 is 0 Å². The van der Waals surface area contributed by atoms with Crippen molar-refractivity contribution >= 4 is 5.91 Å². The first kappa shape index (κ1) is 14.6. The number of rotatable bonds is 3. The molecule has 22 heavy (non-hydrogen) atoms. The van der Waals surface area contributed by atoms with E-state index in [-0.39, 0.29) is 18.9 Å². The predicted octanol–water partition coefficient (Wildman–Crippen LogP) is 0.279. The lowest BCUT2D eigenvalue weighted by atomic mass is 10.2. The summed E-state index contributed by atoms with van der Waals surface area (Å²) in [5.41, 5.74) is 1.80. The summed E-state index contributed by atoms with van der Waals surface area (Å²) in [5, 5.41) is 17.2. The summed E-state index contributed by atoms with van der Waals surface area (Å²) in [6, 6.07) is 2.80. The lowest BCUT2D eigenvalue weighted by Crippen LogP contribution is -2.32. The number of aryl methyl sites for hydroxylation is 1. The highest BCUT2D eigenvalue weighted by molar-refractivity contribution is 5.78. The van der Waals surface area contributed by atoms with E-state index in [0.29, 0.717) is 31.0 Å². The van der Waals surface area contributed by atoms with Gasteiger partial charge in [0, 0.05) is 18.8 Å². The fourth-order valence-electron chi connectivity index (χ4n) is 2.51. The van der Waals surface area contributed by atoms with Gasteiger partial charge in [0.05, 0.1) is 31.5 Å². The molecule has 7 nitrogen and oxygen atoms in total. The Labute approximate surface area is 126 Å². The van der Waals surface area contributed by atoms with Crippen molar-refractivity contribution in [2.45, 2.75) is 32.5 Å². The predicted molar refractivity (Wildman–Crippen MR) is 73.9 cm³/mol. The Balaban J connectivity index is 1.74. The lowest BCUT2D eigenvalue weighted by molar-refractivity contribution is -0.131. The summed E-state index contributed by atoms with van der Waals surface area (Å²) in [4.78, 5) is 18.0. The molecule has 0 saturated heterocycles. The van der Waals surface area contributed by atoms with Gasteiger partial charge in [-0.1, -0.05) is 5.21 Å². The zero-order valence-corrected chi connectivity index (χ0v) is 11.9. The van der Waals surface area contributed by atoms with Gasteiger partial charge in [0.25, 0.3) is 0 Å². The van der Waals surface area contributed by atoms with Crippen LogP contribution in [0.3, 0.4) is 0 Å². The SMILES string of the molecule is O=C(Cc1ccc(F)cn1)N1CCCn2nnc(CO)c2C1. The molecule has 1 amide bonds. The van der Waals surface area contributed by atoms with Crippen molar-refractivity contribution in [3.05, 3.63) is 41.2 Å². The van der Waals surface area contributed by atoms with Gasteiger partial charge in [0.15, 0.2) is 0 Å². The van der Waals surface area contributed by atoms with Crippen LogP contribution in [0, 0.1) is 5.82 Å². The molecule has 0 unspecified atom stereocenters. The average Bonchev–Trinajstić information content (AvgIpc) is 2.78. The fraction of sp³-hybridized carbons (Fsp3) is 0.429. The summed E-state index contributed by atoms with van der Waals surface area (Å²) < 4.78 is 14.6. The van der Waals surface area contributed by atoms with Crippen LogP contribution in [0.4, 0.5) is 4.39 Å². The second-order valence-electron chi connectivity index (χ2n) is 5.18. The van der Waals surface area contributed by atoms with Gasteiger partial charge in [-0.25, -0.2) is 9.07 Å². The van der Waals surface area contributed by atoms with E-state index in [1.165, 1.54) is 12.1 Å². The first-order chi connectivity index (χ1) is 10.7. The minimum absolute atomic E-state index is 0.0855. The van der Waals surface area contributed by atoms with Crippen LogP contribution in [0.2, 0.25) is 0 Å². The largest absolute Gasteiger partial charge is 0.390 e. The van der Waals surface area contributed by atoms with E-state index in [9.17, 15) is 14.3 Å². The zero-order chi connectivity index (χ0) is 15.5. The van der Waals surface area contributed by atoms with Crippen molar-refractivity contribution in [3.63, 3.8) is 0 Å². The summed E-state index contributed by atoms with van der Waals surface area (Å²) in [7, 11) is 0. The second kappa shape index (κ2) is 6.18. The molecule has 0 aromatic carbocycles. The van der Waals surface area contributed by atoms with Crippen LogP contribution in [0.15, 0.2) is 18.3 Å². The number of carbonyl (C=O) groups excluding carboxylic acids is 1. The van der Waals surface area contributed by atoms with Crippen LogP contribution < -0.4 is 0 Å². The number of amides is 1. The molecule has 2 aromatic rings. The van der Waals surface area contributed by atoms with E-state index in [4.69, 9.17) is 0 Å². The van der Waals surface area contributed by atoms with Crippen molar-refractivity contribution in [2.24, 2.45) is 0 Å². The van der Waals surface area contributed by atoms with E-state index in [0.717, 1.165) is 18.3 Å². The molecule has 8 heteroatoms. The molecule has 0 saturated carbocycles. The molecule has 0 spiro atoms. The molecular weight excluding hydrogens is 289 g/mol. The van der Waals surface area contributed by atoms with Crippen LogP contribution in [-0.4, -0.2) is 42.4 Å². The Morgan fingerprint density at radius 2 is 2.23 bits per heavy atom. The first-order valence-electron chi connectivity index (χ1n) is 7.07. The van der Waals surface area contributed by atoms with Crippen LogP contribution in [0.25, 0.3) is 0 Å². The number of hydrogen-bond donors (Lipinski definition) is 1. The van der Waals surface area contributed by atoms with Crippen LogP contribution in [0.5, 0.6) is 0 Å². The molecule has 3 rings (SSSR count). The number of hydrogen-bond acceptors (Lipinski definition) is 5. The van der Waals surface area contributed by atoms with E-state index >= 15 is 0 Å². The van der Waals surface area contributed by atoms with Crippen LogP contribution in [0.1, 0.15) is 23.5 Å². The lowest BCUT2D eigenvalue weighted by Gasteiger charge is -2.20. The summed E-state index contributed by atoms with van der Waals surface area (Å²) in [6.45, 7) is 1.44. The maximum absolute atomic E-state index is 12.8. The Hall–Kier alpha value is -2.35. The van der Waals surface area contributed by atoms with Gasteiger partial charge in [-0.2, -0.15) is 0 Å². The third kappa shape index (κ3) is 2.96. The molecule has 3 heterocycles. The number of aromatic nitrogens is 4. The number of nitrogens with zero attached hydrogens (tertiary/aromatic N) is 5. The molecule has 0 atom stereocenters. The second-order valence-corrected chi connectivity index (χ2v) is 5.18. The van der Waals surface area contributed by atoms with Gasteiger partial charge < -0.3 is 10.0 Å². The van der Waals surface area contributed by atoms with E-state index in [1.807, 2.05) is 0 Å². The third-order valence-electron chi connectivity index (χ3n) is 3.68. The fourth-order valence-corrected chi connectivity index (χ4v) is 2.51.